The van der Waals surface area contributed by atoms with E-state index < -0.39 is 31.4 Å². The Labute approximate surface area is 147 Å². The molecule has 0 aliphatic carbocycles. The first kappa shape index (κ1) is 18.2. The highest BCUT2D eigenvalue weighted by Crippen LogP contribution is 2.34. The highest BCUT2D eigenvalue weighted by atomic mass is 32.2. The second-order valence-electron chi connectivity index (χ2n) is 6.69. The molecule has 2 aliphatic heterocycles. The monoisotopic (exact) mass is 388 g/mol. The van der Waals surface area contributed by atoms with Crippen LogP contribution in [0, 0.1) is 5.41 Å². The molecule has 2 fully saturated rings. The van der Waals surface area contributed by atoms with E-state index in [0.717, 1.165) is 0 Å². The maximum absolute atomic E-state index is 12.7. The van der Waals surface area contributed by atoms with Crippen molar-refractivity contribution in [3.8, 4) is 0 Å². The molecule has 8 nitrogen and oxygen atoms in total. The largest absolute Gasteiger partial charge is 0.481 e. The zero-order valence-corrected chi connectivity index (χ0v) is 15.4. The van der Waals surface area contributed by atoms with Gasteiger partial charge in [0.15, 0.2) is 0 Å². The van der Waals surface area contributed by atoms with Gasteiger partial charge in [-0.1, -0.05) is 0 Å². The predicted molar refractivity (Wildman–Crippen MR) is 91.3 cm³/mol. The Hall–Kier alpha value is -1.65. The number of carboxylic acid groups (broad SMARTS) is 1. The molecule has 1 N–H and O–H groups in total. The number of carbonyl (C=O) groups is 1. The molecule has 1 aromatic carbocycles. The molecular formula is C15H20N2O6S2. The van der Waals surface area contributed by atoms with Crippen LogP contribution in [0.15, 0.2) is 29.2 Å². The van der Waals surface area contributed by atoms with Crippen LogP contribution in [0.2, 0.25) is 0 Å². The number of rotatable bonds is 4. The molecule has 0 spiro atoms. The summed E-state index contributed by atoms with van der Waals surface area (Å²) in [6.45, 7) is 1.99. The number of aliphatic carboxylic acids is 1. The summed E-state index contributed by atoms with van der Waals surface area (Å²) in [7, 11) is -7.13. The summed E-state index contributed by atoms with van der Waals surface area (Å²) in [5.74, 6) is -0.922. The van der Waals surface area contributed by atoms with E-state index in [0.29, 0.717) is 18.7 Å². The lowest BCUT2D eigenvalue weighted by molar-refractivity contribution is -0.146. The molecule has 0 amide bonds. The van der Waals surface area contributed by atoms with E-state index in [-0.39, 0.29) is 30.2 Å². The van der Waals surface area contributed by atoms with E-state index in [1.807, 2.05) is 0 Å². The van der Waals surface area contributed by atoms with Gasteiger partial charge in [-0.25, -0.2) is 16.8 Å². The first-order valence-corrected chi connectivity index (χ1v) is 11.0. The zero-order valence-electron chi connectivity index (χ0n) is 13.8. The van der Waals surface area contributed by atoms with Crippen molar-refractivity contribution in [2.24, 2.45) is 5.41 Å². The number of hydrogen-bond donors (Lipinski definition) is 1. The zero-order chi connectivity index (χ0) is 18.5. The summed E-state index contributed by atoms with van der Waals surface area (Å²) in [5, 5.41) is 9.25. The van der Waals surface area contributed by atoms with Crippen LogP contribution >= 0.6 is 0 Å². The first-order chi connectivity index (χ1) is 11.6. The van der Waals surface area contributed by atoms with Crippen molar-refractivity contribution in [1.82, 2.24) is 4.31 Å². The van der Waals surface area contributed by atoms with Gasteiger partial charge in [0, 0.05) is 19.6 Å². The van der Waals surface area contributed by atoms with Gasteiger partial charge in [-0.05, 0) is 44.0 Å². The summed E-state index contributed by atoms with van der Waals surface area (Å²) in [6.07, 6.45) is 0.801. The topological polar surface area (TPSA) is 112 Å². The minimum Gasteiger partial charge on any atom is -0.481 e. The van der Waals surface area contributed by atoms with Gasteiger partial charge in [0.25, 0.3) is 0 Å². The second-order valence-corrected chi connectivity index (χ2v) is 10.6. The Morgan fingerprint density at radius 1 is 1.20 bits per heavy atom. The second kappa shape index (κ2) is 5.96. The van der Waals surface area contributed by atoms with Gasteiger partial charge < -0.3 is 5.11 Å². The number of benzene rings is 1. The maximum atomic E-state index is 12.7. The van der Waals surface area contributed by atoms with E-state index in [1.165, 1.54) is 39.8 Å². The molecule has 10 heteroatoms. The molecule has 1 atom stereocenters. The lowest BCUT2D eigenvalue weighted by Gasteiger charge is -2.21. The minimum atomic E-state index is -3.81. The van der Waals surface area contributed by atoms with Gasteiger partial charge in [-0.3, -0.25) is 9.10 Å². The first-order valence-electron chi connectivity index (χ1n) is 7.90. The average molecular weight is 388 g/mol. The van der Waals surface area contributed by atoms with Gasteiger partial charge in [0.05, 0.1) is 21.8 Å². The van der Waals surface area contributed by atoms with E-state index >= 15 is 0 Å². The molecule has 0 saturated carbocycles. The maximum Gasteiger partial charge on any atom is 0.310 e. The Balaban J connectivity index is 1.84. The molecule has 0 aromatic heterocycles. The Morgan fingerprint density at radius 2 is 1.84 bits per heavy atom. The third-order valence-corrected chi connectivity index (χ3v) is 8.55. The van der Waals surface area contributed by atoms with Crippen LogP contribution in [-0.2, 0) is 24.8 Å². The summed E-state index contributed by atoms with van der Waals surface area (Å²) >= 11 is 0. The Kier molecular flexibility index (Phi) is 4.33. The molecule has 25 heavy (non-hydrogen) atoms. The van der Waals surface area contributed by atoms with Gasteiger partial charge in [0.1, 0.15) is 0 Å². The van der Waals surface area contributed by atoms with Crippen LogP contribution in [0.5, 0.6) is 0 Å². The summed E-state index contributed by atoms with van der Waals surface area (Å²) < 4.78 is 51.7. The van der Waals surface area contributed by atoms with E-state index in [2.05, 4.69) is 0 Å². The van der Waals surface area contributed by atoms with E-state index in [9.17, 15) is 26.7 Å². The number of nitrogens with zero attached hydrogens (tertiary/aromatic N) is 2. The Morgan fingerprint density at radius 3 is 2.32 bits per heavy atom. The quantitative estimate of drug-likeness (QED) is 0.813. The van der Waals surface area contributed by atoms with Crippen LogP contribution in [0.4, 0.5) is 5.69 Å². The fraction of sp³-hybridized carbons (Fsp3) is 0.533. The molecule has 1 aromatic rings. The van der Waals surface area contributed by atoms with Crippen LogP contribution in [-0.4, -0.2) is 57.6 Å². The molecular weight excluding hydrogens is 368 g/mol. The van der Waals surface area contributed by atoms with Gasteiger partial charge >= 0.3 is 5.97 Å². The number of hydrogen-bond acceptors (Lipinski definition) is 5. The molecule has 2 heterocycles. The molecule has 1 unspecified atom stereocenters. The normalized spacial score (nSPS) is 26.8. The predicted octanol–water partition coefficient (Wildman–Crippen LogP) is 0.712. The van der Waals surface area contributed by atoms with Crippen molar-refractivity contribution in [2.45, 2.75) is 24.7 Å². The molecule has 138 valence electrons. The average Bonchev–Trinajstić information content (AvgIpc) is 3.11. The summed E-state index contributed by atoms with van der Waals surface area (Å²) in [5.41, 5.74) is -0.648. The Bertz CT molecular complexity index is 894. The highest BCUT2D eigenvalue weighted by molar-refractivity contribution is 7.93. The number of sulfonamides is 2. The lowest BCUT2D eigenvalue weighted by Crippen LogP contribution is -2.34. The van der Waals surface area contributed by atoms with Crippen molar-refractivity contribution in [1.29, 1.82) is 0 Å². The van der Waals surface area contributed by atoms with Gasteiger partial charge in [-0.15, -0.1) is 0 Å². The van der Waals surface area contributed by atoms with E-state index in [1.54, 1.807) is 0 Å². The highest BCUT2D eigenvalue weighted by Gasteiger charge is 2.44. The standard InChI is InChI=1S/C15H20N2O6S2/c1-15(14(18)19)7-9-16(11-15)25(22,23)13-5-3-12(4-6-13)17-8-2-10-24(17,20)21/h3-6H,2,7-11H2,1H3,(H,18,19). The summed E-state index contributed by atoms with van der Waals surface area (Å²) in [4.78, 5) is 11.3. The number of carboxylic acids is 1. The van der Waals surface area contributed by atoms with Crippen molar-refractivity contribution in [2.75, 3.05) is 29.7 Å². The van der Waals surface area contributed by atoms with Gasteiger partial charge in [-0.2, -0.15) is 4.31 Å². The van der Waals surface area contributed by atoms with Crippen LogP contribution in [0.1, 0.15) is 19.8 Å². The SMILES string of the molecule is CC1(C(=O)O)CCN(S(=O)(=O)c2ccc(N3CCCS3(=O)=O)cc2)C1. The van der Waals surface area contributed by atoms with Crippen molar-refractivity contribution >= 4 is 31.7 Å². The molecule has 2 aliphatic rings. The summed E-state index contributed by atoms with van der Waals surface area (Å²) in [6, 6.07) is 5.69. The van der Waals surface area contributed by atoms with Crippen molar-refractivity contribution in [3.05, 3.63) is 24.3 Å². The number of anilines is 1. The third kappa shape index (κ3) is 3.13. The van der Waals surface area contributed by atoms with Gasteiger partial charge in [0.2, 0.25) is 20.0 Å². The third-order valence-electron chi connectivity index (χ3n) is 4.82. The molecule has 0 bridgehead atoms. The van der Waals surface area contributed by atoms with Crippen LogP contribution in [0.3, 0.4) is 0 Å². The lowest BCUT2D eigenvalue weighted by atomic mass is 9.90. The fourth-order valence-corrected chi connectivity index (χ4v) is 6.29. The van der Waals surface area contributed by atoms with Crippen molar-refractivity contribution in [3.63, 3.8) is 0 Å². The van der Waals surface area contributed by atoms with Crippen LogP contribution in [0.25, 0.3) is 0 Å². The van der Waals surface area contributed by atoms with E-state index in [4.69, 9.17) is 0 Å². The smallest absolute Gasteiger partial charge is 0.310 e. The fourth-order valence-electron chi connectivity index (χ4n) is 3.16. The molecule has 2 saturated heterocycles. The molecule has 3 rings (SSSR count). The molecule has 0 radical (unpaired) electrons. The van der Waals surface area contributed by atoms with Crippen molar-refractivity contribution < 1.29 is 26.7 Å². The van der Waals surface area contributed by atoms with Crippen LogP contribution < -0.4 is 4.31 Å². The minimum absolute atomic E-state index is 0.0301.